The van der Waals surface area contributed by atoms with E-state index in [0.29, 0.717) is 12.8 Å². The molecule has 2 N–H and O–H groups in total. The second-order valence-corrected chi connectivity index (χ2v) is 7.19. The van der Waals surface area contributed by atoms with Crippen molar-refractivity contribution >= 4 is 23.6 Å². The van der Waals surface area contributed by atoms with Crippen LogP contribution in [0, 0.1) is 0 Å². The summed E-state index contributed by atoms with van der Waals surface area (Å²) in [7, 11) is 0. The Balaban J connectivity index is 1.86. The minimum atomic E-state index is -0.425. The highest BCUT2D eigenvalue weighted by molar-refractivity contribution is 7.99. The molecule has 2 amide bonds. The Bertz CT molecular complexity index is 501. The normalized spacial score (nSPS) is 16.6. The highest BCUT2D eigenvalue weighted by Gasteiger charge is 2.23. The van der Waals surface area contributed by atoms with E-state index in [1.807, 2.05) is 49.0 Å². The Morgan fingerprint density at radius 2 is 1.91 bits per heavy atom. The molecule has 0 radical (unpaired) electrons. The first kappa shape index (κ1) is 17.9. The standard InChI is InChI=1S/C18H26N2O2S/c1-2-6-16(18(22)19-15-9-11-23-12-10-15)20-17(21)13-14-7-4-3-5-8-14/h3-5,7-8,15-16H,2,6,9-13H2,1H3,(H,19,22)(H,20,21). The van der Waals surface area contributed by atoms with Gasteiger partial charge in [0.2, 0.25) is 11.8 Å². The van der Waals surface area contributed by atoms with Crippen LogP contribution in [0.15, 0.2) is 30.3 Å². The van der Waals surface area contributed by atoms with Crippen molar-refractivity contribution in [3.05, 3.63) is 35.9 Å². The Labute approximate surface area is 142 Å². The van der Waals surface area contributed by atoms with Crippen molar-refractivity contribution < 1.29 is 9.59 Å². The van der Waals surface area contributed by atoms with Gasteiger partial charge in [0.15, 0.2) is 0 Å². The maximum absolute atomic E-state index is 12.5. The molecule has 1 aliphatic heterocycles. The monoisotopic (exact) mass is 334 g/mol. The van der Waals surface area contributed by atoms with Crippen molar-refractivity contribution in [2.24, 2.45) is 0 Å². The molecule has 2 rings (SSSR count). The van der Waals surface area contributed by atoms with Crippen LogP contribution in [0.4, 0.5) is 0 Å². The van der Waals surface area contributed by atoms with Gasteiger partial charge in [-0.2, -0.15) is 11.8 Å². The fourth-order valence-corrected chi connectivity index (χ4v) is 3.83. The molecule has 1 aliphatic rings. The van der Waals surface area contributed by atoms with Crippen molar-refractivity contribution in [1.29, 1.82) is 0 Å². The minimum Gasteiger partial charge on any atom is -0.352 e. The van der Waals surface area contributed by atoms with Crippen molar-refractivity contribution in [3.8, 4) is 0 Å². The number of thioether (sulfide) groups is 1. The summed E-state index contributed by atoms with van der Waals surface area (Å²) in [5, 5.41) is 6.01. The van der Waals surface area contributed by atoms with E-state index in [1.54, 1.807) is 0 Å². The predicted molar refractivity (Wildman–Crippen MR) is 95.5 cm³/mol. The third-order valence-electron chi connectivity index (χ3n) is 4.00. The van der Waals surface area contributed by atoms with Gasteiger partial charge in [-0.15, -0.1) is 0 Å². The largest absolute Gasteiger partial charge is 0.352 e. The lowest BCUT2D eigenvalue weighted by Crippen LogP contribution is -2.50. The number of carbonyl (C=O) groups is 2. The minimum absolute atomic E-state index is 0.0369. The van der Waals surface area contributed by atoms with E-state index in [1.165, 1.54) is 0 Å². The molecular weight excluding hydrogens is 308 g/mol. The third kappa shape index (κ3) is 6.26. The number of amides is 2. The average molecular weight is 334 g/mol. The molecule has 0 saturated carbocycles. The number of hydrogen-bond acceptors (Lipinski definition) is 3. The van der Waals surface area contributed by atoms with E-state index >= 15 is 0 Å². The maximum Gasteiger partial charge on any atom is 0.242 e. The van der Waals surface area contributed by atoms with Gasteiger partial charge in [-0.05, 0) is 36.3 Å². The van der Waals surface area contributed by atoms with Gasteiger partial charge in [-0.1, -0.05) is 43.7 Å². The highest BCUT2D eigenvalue weighted by atomic mass is 32.2. The summed E-state index contributed by atoms with van der Waals surface area (Å²) in [6.45, 7) is 2.03. The number of hydrogen-bond donors (Lipinski definition) is 2. The lowest BCUT2D eigenvalue weighted by atomic mass is 10.1. The average Bonchev–Trinajstić information content (AvgIpc) is 2.56. The Morgan fingerprint density at radius 1 is 1.22 bits per heavy atom. The molecule has 0 bridgehead atoms. The zero-order valence-corrected chi connectivity index (χ0v) is 14.5. The molecule has 1 unspecified atom stereocenters. The summed E-state index contributed by atoms with van der Waals surface area (Å²) in [5.41, 5.74) is 0.963. The molecule has 0 spiro atoms. The van der Waals surface area contributed by atoms with Gasteiger partial charge in [-0.3, -0.25) is 9.59 Å². The van der Waals surface area contributed by atoms with Crippen molar-refractivity contribution in [2.75, 3.05) is 11.5 Å². The molecule has 0 aromatic heterocycles. The summed E-state index contributed by atoms with van der Waals surface area (Å²) in [5.74, 6) is 2.07. The Hall–Kier alpha value is -1.49. The molecule has 1 saturated heterocycles. The summed E-state index contributed by atoms with van der Waals surface area (Å²) in [6, 6.07) is 9.44. The van der Waals surface area contributed by atoms with Gasteiger partial charge in [0.1, 0.15) is 6.04 Å². The van der Waals surface area contributed by atoms with Crippen LogP contribution in [0.25, 0.3) is 0 Å². The van der Waals surface area contributed by atoms with Crippen LogP contribution < -0.4 is 10.6 Å². The van der Waals surface area contributed by atoms with E-state index in [2.05, 4.69) is 10.6 Å². The van der Waals surface area contributed by atoms with E-state index in [9.17, 15) is 9.59 Å². The highest BCUT2D eigenvalue weighted by Crippen LogP contribution is 2.17. The smallest absolute Gasteiger partial charge is 0.242 e. The van der Waals surface area contributed by atoms with E-state index in [4.69, 9.17) is 0 Å². The molecular formula is C18H26N2O2S. The van der Waals surface area contributed by atoms with Gasteiger partial charge in [0, 0.05) is 6.04 Å². The Kier molecular flexibility index (Phi) is 7.46. The van der Waals surface area contributed by atoms with Crippen molar-refractivity contribution in [3.63, 3.8) is 0 Å². The van der Waals surface area contributed by atoms with Crippen LogP contribution in [0.3, 0.4) is 0 Å². The molecule has 1 aromatic carbocycles. The van der Waals surface area contributed by atoms with Crippen LogP contribution in [-0.4, -0.2) is 35.4 Å². The third-order valence-corrected chi connectivity index (χ3v) is 5.05. The quantitative estimate of drug-likeness (QED) is 0.805. The number of rotatable bonds is 7. The predicted octanol–water partition coefficient (Wildman–Crippen LogP) is 2.53. The maximum atomic E-state index is 12.5. The van der Waals surface area contributed by atoms with Gasteiger partial charge >= 0.3 is 0 Å². The van der Waals surface area contributed by atoms with Crippen LogP contribution in [0.1, 0.15) is 38.2 Å². The topological polar surface area (TPSA) is 58.2 Å². The zero-order chi connectivity index (χ0) is 16.5. The lowest BCUT2D eigenvalue weighted by Gasteiger charge is -2.25. The number of benzene rings is 1. The lowest BCUT2D eigenvalue weighted by molar-refractivity contribution is -0.129. The fourth-order valence-electron chi connectivity index (χ4n) is 2.73. The van der Waals surface area contributed by atoms with Gasteiger partial charge in [-0.25, -0.2) is 0 Å². The summed E-state index contributed by atoms with van der Waals surface area (Å²) >= 11 is 1.94. The molecule has 23 heavy (non-hydrogen) atoms. The zero-order valence-electron chi connectivity index (χ0n) is 13.7. The van der Waals surface area contributed by atoms with E-state index in [-0.39, 0.29) is 17.9 Å². The van der Waals surface area contributed by atoms with Crippen LogP contribution in [0.5, 0.6) is 0 Å². The number of nitrogens with one attached hydrogen (secondary N) is 2. The van der Waals surface area contributed by atoms with Gasteiger partial charge in [0.25, 0.3) is 0 Å². The molecule has 1 heterocycles. The second kappa shape index (κ2) is 9.60. The molecule has 5 heteroatoms. The SMILES string of the molecule is CCCC(NC(=O)Cc1ccccc1)C(=O)NC1CCSCC1. The van der Waals surface area contributed by atoms with Gasteiger partial charge < -0.3 is 10.6 Å². The summed E-state index contributed by atoms with van der Waals surface area (Å²) in [4.78, 5) is 24.7. The molecule has 0 aliphatic carbocycles. The van der Waals surface area contributed by atoms with Crippen LogP contribution in [-0.2, 0) is 16.0 Å². The van der Waals surface area contributed by atoms with Crippen LogP contribution in [0.2, 0.25) is 0 Å². The number of carbonyl (C=O) groups excluding carboxylic acids is 2. The molecule has 1 atom stereocenters. The van der Waals surface area contributed by atoms with Crippen molar-refractivity contribution in [2.45, 2.75) is 51.1 Å². The molecule has 1 aromatic rings. The first-order valence-corrected chi connectivity index (χ1v) is 9.56. The fraction of sp³-hybridized carbons (Fsp3) is 0.556. The van der Waals surface area contributed by atoms with Gasteiger partial charge in [0.05, 0.1) is 6.42 Å². The van der Waals surface area contributed by atoms with Crippen molar-refractivity contribution in [1.82, 2.24) is 10.6 Å². The first-order chi connectivity index (χ1) is 11.2. The van der Waals surface area contributed by atoms with E-state index in [0.717, 1.165) is 36.3 Å². The second-order valence-electron chi connectivity index (χ2n) is 5.97. The molecule has 126 valence electrons. The first-order valence-electron chi connectivity index (χ1n) is 8.40. The Morgan fingerprint density at radius 3 is 2.57 bits per heavy atom. The van der Waals surface area contributed by atoms with E-state index < -0.39 is 6.04 Å². The summed E-state index contributed by atoms with van der Waals surface area (Å²) in [6.07, 6.45) is 3.90. The summed E-state index contributed by atoms with van der Waals surface area (Å²) < 4.78 is 0. The molecule has 1 fully saturated rings. The van der Waals surface area contributed by atoms with Crippen LogP contribution >= 0.6 is 11.8 Å². The molecule has 4 nitrogen and oxygen atoms in total.